The number of hydrogen-bond acceptors (Lipinski definition) is 4. The van der Waals surface area contributed by atoms with Gasteiger partial charge in [-0.2, -0.15) is 0 Å². The number of fused-ring (bicyclic) bond motifs is 5. The Labute approximate surface area is 174 Å². The van der Waals surface area contributed by atoms with E-state index >= 15 is 0 Å². The summed E-state index contributed by atoms with van der Waals surface area (Å²) in [4.78, 5) is 22.3. The lowest BCUT2D eigenvalue weighted by Gasteiger charge is -2.28. The van der Waals surface area contributed by atoms with Crippen molar-refractivity contribution in [3.05, 3.63) is 71.0 Å². The summed E-state index contributed by atoms with van der Waals surface area (Å²) in [5.41, 5.74) is 6.37. The molecule has 0 radical (unpaired) electrons. The summed E-state index contributed by atoms with van der Waals surface area (Å²) in [6, 6.07) is 16.3. The maximum Gasteiger partial charge on any atom is 0.248 e. The van der Waals surface area contributed by atoms with E-state index in [4.69, 9.17) is 9.72 Å². The van der Waals surface area contributed by atoms with Crippen molar-refractivity contribution in [2.24, 2.45) is 0 Å². The molecule has 0 saturated carbocycles. The molecule has 1 aliphatic heterocycles. The van der Waals surface area contributed by atoms with Crippen molar-refractivity contribution in [2.45, 2.75) is 19.4 Å². The normalized spacial score (nSPS) is 13.6. The Morgan fingerprint density at radius 2 is 2.00 bits per heavy atom. The van der Waals surface area contributed by atoms with Crippen LogP contribution in [-0.2, 0) is 24.2 Å². The zero-order valence-electron chi connectivity index (χ0n) is 16.8. The summed E-state index contributed by atoms with van der Waals surface area (Å²) in [5.74, 6) is 0.573. The van der Waals surface area contributed by atoms with Gasteiger partial charge in [-0.05, 0) is 35.7 Å². The molecule has 0 fully saturated rings. The number of pyridine rings is 1. The minimum atomic E-state index is -0.469. The summed E-state index contributed by atoms with van der Waals surface area (Å²) in [6.07, 6.45) is 1.41. The zero-order chi connectivity index (χ0) is 20.7. The lowest BCUT2D eigenvalue weighted by Crippen LogP contribution is -2.38. The van der Waals surface area contributed by atoms with E-state index in [9.17, 15) is 9.90 Å². The van der Waals surface area contributed by atoms with Crippen molar-refractivity contribution in [1.82, 2.24) is 14.9 Å². The van der Waals surface area contributed by atoms with Gasteiger partial charge in [-0.15, -0.1) is 0 Å². The predicted octanol–water partition coefficient (Wildman–Crippen LogP) is 3.19. The molecule has 0 unspecified atom stereocenters. The molecule has 2 aromatic heterocycles. The number of hydrogen-bond donors (Lipinski definition) is 2. The van der Waals surface area contributed by atoms with E-state index in [1.807, 2.05) is 18.2 Å². The number of amides is 1. The van der Waals surface area contributed by atoms with Gasteiger partial charge in [-0.25, -0.2) is 0 Å². The van der Waals surface area contributed by atoms with Crippen molar-refractivity contribution < 1.29 is 14.6 Å². The van der Waals surface area contributed by atoms with Gasteiger partial charge in [0.15, 0.2) is 0 Å². The van der Waals surface area contributed by atoms with E-state index in [0.717, 1.165) is 40.2 Å². The Morgan fingerprint density at radius 3 is 2.77 bits per heavy atom. The number of carbonyl (C=O) groups is 1. The van der Waals surface area contributed by atoms with Gasteiger partial charge in [0.25, 0.3) is 0 Å². The first-order chi connectivity index (χ1) is 14.7. The fourth-order valence-electron chi connectivity index (χ4n) is 4.39. The van der Waals surface area contributed by atoms with E-state index < -0.39 is 6.61 Å². The first-order valence-corrected chi connectivity index (χ1v) is 10.1. The second-order valence-electron chi connectivity index (χ2n) is 7.65. The maximum atomic E-state index is 12.1. The van der Waals surface area contributed by atoms with Crippen LogP contribution in [-0.4, -0.2) is 46.1 Å². The summed E-state index contributed by atoms with van der Waals surface area (Å²) in [6.45, 7) is 0.559. The second-order valence-corrected chi connectivity index (χ2v) is 7.65. The summed E-state index contributed by atoms with van der Waals surface area (Å²) >= 11 is 0. The minimum Gasteiger partial charge on any atom is -0.497 e. The lowest BCUT2D eigenvalue weighted by molar-refractivity contribution is -0.135. The Bertz CT molecular complexity index is 1240. The third-order valence-electron chi connectivity index (χ3n) is 5.91. The van der Waals surface area contributed by atoms with Gasteiger partial charge in [-0.1, -0.05) is 30.3 Å². The number of aromatic nitrogens is 2. The summed E-state index contributed by atoms with van der Waals surface area (Å²) in [7, 11) is 1.66. The molecule has 30 heavy (non-hydrogen) atoms. The third-order valence-corrected chi connectivity index (χ3v) is 5.91. The van der Waals surface area contributed by atoms with Crippen LogP contribution >= 0.6 is 0 Å². The molecule has 0 atom stereocenters. The van der Waals surface area contributed by atoms with E-state index in [1.54, 1.807) is 12.0 Å². The number of methoxy groups -OCH3 is 1. The first-order valence-electron chi connectivity index (χ1n) is 10.1. The number of benzene rings is 2. The standard InChI is InChI=1S/C24H23N3O3/c1-30-16-8-6-15(7-9-16)12-20-24-23(17-4-2-3-5-19(17)26-24)18-10-11-27(22(29)14-28)13-21(18)25-20/h2-9,26,28H,10-14H2,1H3. The van der Waals surface area contributed by atoms with Crippen LogP contribution in [0.3, 0.4) is 0 Å². The topological polar surface area (TPSA) is 78.5 Å². The second kappa shape index (κ2) is 7.46. The Morgan fingerprint density at radius 1 is 1.20 bits per heavy atom. The Kier molecular flexibility index (Phi) is 4.64. The fraction of sp³-hybridized carbons (Fsp3) is 0.250. The van der Waals surface area contributed by atoms with Gasteiger partial charge in [0.05, 0.1) is 30.6 Å². The highest BCUT2D eigenvalue weighted by Gasteiger charge is 2.26. The summed E-state index contributed by atoms with van der Waals surface area (Å²) < 4.78 is 5.27. The van der Waals surface area contributed by atoms with Crippen LogP contribution < -0.4 is 4.74 Å². The molecule has 6 nitrogen and oxygen atoms in total. The lowest BCUT2D eigenvalue weighted by atomic mass is 9.96. The predicted molar refractivity (Wildman–Crippen MR) is 116 cm³/mol. The first kappa shape index (κ1) is 18.6. The average Bonchev–Trinajstić information content (AvgIpc) is 3.19. The number of nitrogens with one attached hydrogen (secondary N) is 1. The molecule has 1 aliphatic rings. The van der Waals surface area contributed by atoms with Crippen LogP contribution in [0.15, 0.2) is 48.5 Å². The number of para-hydroxylation sites is 1. The van der Waals surface area contributed by atoms with Crippen molar-refractivity contribution >= 4 is 27.7 Å². The molecule has 2 aromatic carbocycles. The van der Waals surface area contributed by atoms with Gasteiger partial charge in [0, 0.05) is 29.3 Å². The smallest absolute Gasteiger partial charge is 0.248 e. The van der Waals surface area contributed by atoms with Gasteiger partial charge in [-0.3, -0.25) is 9.78 Å². The van der Waals surface area contributed by atoms with Gasteiger partial charge in [0.2, 0.25) is 5.91 Å². The van der Waals surface area contributed by atoms with E-state index in [0.29, 0.717) is 19.5 Å². The number of aromatic amines is 1. The Hall–Kier alpha value is -3.38. The quantitative estimate of drug-likeness (QED) is 0.551. The van der Waals surface area contributed by atoms with Crippen molar-refractivity contribution in [1.29, 1.82) is 0 Å². The molecular weight excluding hydrogens is 378 g/mol. The highest BCUT2D eigenvalue weighted by Crippen LogP contribution is 2.35. The SMILES string of the molecule is COc1ccc(Cc2nc3c(c4c2[nH]c2ccccc24)CCN(C(=O)CO)C3)cc1. The van der Waals surface area contributed by atoms with Crippen molar-refractivity contribution in [2.75, 3.05) is 20.3 Å². The molecule has 5 rings (SSSR count). The molecule has 0 aliphatic carbocycles. The average molecular weight is 401 g/mol. The number of H-pyrrole nitrogens is 1. The van der Waals surface area contributed by atoms with Crippen molar-refractivity contribution in [3.63, 3.8) is 0 Å². The minimum absolute atomic E-state index is 0.252. The molecular formula is C24H23N3O3. The molecule has 4 aromatic rings. The molecule has 6 heteroatoms. The summed E-state index contributed by atoms with van der Waals surface area (Å²) in [5, 5.41) is 11.7. The number of aliphatic hydroxyl groups excluding tert-OH is 1. The van der Waals surface area contributed by atoms with E-state index in [1.165, 1.54) is 16.3 Å². The highest BCUT2D eigenvalue weighted by molar-refractivity contribution is 6.10. The van der Waals surface area contributed by atoms with E-state index in [2.05, 4.69) is 35.3 Å². The van der Waals surface area contributed by atoms with Crippen LogP contribution in [0, 0.1) is 0 Å². The zero-order valence-corrected chi connectivity index (χ0v) is 16.8. The molecule has 2 N–H and O–H groups in total. The number of aliphatic hydroxyl groups is 1. The van der Waals surface area contributed by atoms with Gasteiger partial charge >= 0.3 is 0 Å². The number of ether oxygens (including phenoxy) is 1. The molecule has 0 saturated heterocycles. The Balaban J connectivity index is 1.66. The van der Waals surface area contributed by atoms with Crippen LogP contribution in [0.1, 0.15) is 22.5 Å². The van der Waals surface area contributed by atoms with Crippen LogP contribution in [0.25, 0.3) is 21.8 Å². The monoisotopic (exact) mass is 401 g/mol. The van der Waals surface area contributed by atoms with Crippen LogP contribution in [0.4, 0.5) is 0 Å². The molecule has 0 bridgehead atoms. The van der Waals surface area contributed by atoms with Gasteiger partial charge < -0.3 is 19.7 Å². The van der Waals surface area contributed by atoms with Crippen molar-refractivity contribution in [3.8, 4) is 5.75 Å². The number of nitrogens with zero attached hydrogens (tertiary/aromatic N) is 2. The molecule has 152 valence electrons. The molecule has 1 amide bonds. The highest BCUT2D eigenvalue weighted by atomic mass is 16.5. The van der Waals surface area contributed by atoms with Gasteiger partial charge in [0.1, 0.15) is 12.4 Å². The van der Waals surface area contributed by atoms with Crippen LogP contribution in [0.2, 0.25) is 0 Å². The fourth-order valence-corrected chi connectivity index (χ4v) is 4.39. The third kappa shape index (κ3) is 3.09. The number of carbonyl (C=O) groups excluding carboxylic acids is 1. The maximum absolute atomic E-state index is 12.1. The van der Waals surface area contributed by atoms with E-state index in [-0.39, 0.29) is 5.91 Å². The molecule has 3 heterocycles. The largest absolute Gasteiger partial charge is 0.497 e. The molecule has 0 spiro atoms. The number of rotatable bonds is 4. The van der Waals surface area contributed by atoms with Crippen LogP contribution in [0.5, 0.6) is 5.75 Å².